The molecule has 12 heavy (non-hydrogen) atoms. The van der Waals surface area contributed by atoms with Gasteiger partial charge >= 0.3 is 43.4 Å². The molecule has 0 amide bonds. The van der Waals surface area contributed by atoms with E-state index in [1.165, 1.54) is 0 Å². The van der Waals surface area contributed by atoms with Crippen LogP contribution in [-0.2, 0) is 9.13 Å². The standard InChI is InChI=1S/C4H11O2P.2Al.HO2P/c1-3-7(5,6)4-2;;;1-3-2/h3-4H2,1-2H3,(H,5,6);;;3H/q;2*+3;/p+1. The summed E-state index contributed by atoms with van der Waals surface area (Å²) in [7, 11) is -3.82. The third kappa shape index (κ3) is 22.5. The average molecular weight is 241 g/mol. The molecule has 62 valence electrons. The van der Waals surface area contributed by atoms with Gasteiger partial charge in [-0.25, -0.2) is 0 Å². The fourth-order valence-corrected chi connectivity index (χ4v) is 0.671. The second kappa shape index (κ2) is 14.8. The van der Waals surface area contributed by atoms with Crippen molar-refractivity contribution in [3.8, 4) is 0 Å². The van der Waals surface area contributed by atoms with Crippen molar-refractivity contribution in [1.29, 1.82) is 0 Å². The summed E-state index contributed by atoms with van der Waals surface area (Å²) in [5.41, 5.74) is 0. The largest absolute Gasteiger partial charge is 3.00 e. The minimum absolute atomic E-state index is 0. The van der Waals surface area contributed by atoms with Gasteiger partial charge in [-0.1, -0.05) is 13.8 Å². The molecule has 0 aromatic rings. The molecule has 1 unspecified atom stereocenters. The van der Waals surface area contributed by atoms with Gasteiger partial charge in [-0.05, 0) is 4.57 Å². The van der Waals surface area contributed by atoms with Crippen LogP contribution in [-0.4, -0.2) is 56.8 Å². The van der Waals surface area contributed by atoms with Crippen LogP contribution in [0.1, 0.15) is 13.8 Å². The fourth-order valence-electron chi connectivity index (χ4n) is 0.224. The minimum Gasteiger partial charge on any atom is -0.344 e. The van der Waals surface area contributed by atoms with Crippen LogP contribution in [0, 0.1) is 0 Å². The molecule has 0 saturated carbocycles. The molecule has 0 aliphatic carbocycles. The average Bonchev–Trinajstić information content (AvgIpc) is 1.90. The number of hydrogen-bond acceptors (Lipinski definition) is 2. The molecule has 0 aromatic heterocycles. The molecule has 0 saturated heterocycles. The van der Waals surface area contributed by atoms with Crippen LogP contribution in [0.2, 0.25) is 0 Å². The first-order valence-electron chi connectivity index (χ1n) is 2.86. The summed E-state index contributed by atoms with van der Waals surface area (Å²) in [4.78, 5) is 15.7. The summed E-state index contributed by atoms with van der Waals surface area (Å²) in [6.45, 7) is 3.45. The molecule has 8 heteroatoms. The molecule has 0 bridgehead atoms. The second-order valence-electron chi connectivity index (χ2n) is 1.57. The second-order valence-corrected chi connectivity index (χ2v) is 4.71. The van der Waals surface area contributed by atoms with Crippen molar-refractivity contribution in [2.45, 2.75) is 13.8 Å². The molecule has 0 fully saturated rings. The molecular formula is C4H13Al2O4P2+7. The summed E-state index contributed by atoms with van der Waals surface area (Å²) < 4.78 is 19.0. The Morgan fingerprint density at radius 2 is 1.42 bits per heavy atom. The molecular weight excluding hydrogens is 228 g/mol. The Morgan fingerprint density at radius 3 is 1.42 bits per heavy atom. The quantitative estimate of drug-likeness (QED) is 0.543. The van der Waals surface area contributed by atoms with E-state index in [0.29, 0.717) is 12.3 Å². The van der Waals surface area contributed by atoms with E-state index >= 15 is 0 Å². The van der Waals surface area contributed by atoms with Crippen molar-refractivity contribution in [3.63, 3.8) is 0 Å². The molecule has 0 aliphatic rings. The Hall–Kier alpha value is 1.31. The van der Waals surface area contributed by atoms with Crippen molar-refractivity contribution in [3.05, 3.63) is 0 Å². The third-order valence-corrected chi connectivity index (χ3v) is 2.96. The smallest absolute Gasteiger partial charge is 0.344 e. The molecule has 0 aromatic carbocycles. The van der Waals surface area contributed by atoms with Crippen molar-refractivity contribution >= 4 is 50.8 Å². The van der Waals surface area contributed by atoms with Gasteiger partial charge in [0.05, 0.1) is 0 Å². The summed E-state index contributed by atoms with van der Waals surface area (Å²) in [6, 6.07) is 0. The van der Waals surface area contributed by atoms with Crippen LogP contribution in [0.4, 0.5) is 0 Å². The zero-order chi connectivity index (χ0) is 8.62. The molecule has 4 nitrogen and oxygen atoms in total. The van der Waals surface area contributed by atoms with E-state index in [9.17, 15) is 4.57 Å². The maximum Gasteiger partial charge on any atom is 3.00 e. The first-order valence-corrected chi connectivity index (χ1v) is 5.74. The molecule has 0 aliphatic heterocycles. The summed E-state index contributed by atoms with van der Waals surface area (Å²) in [5, 5.41) is 0. The van der Waals surface area contributed by atoms with Crippen LogP contribution < -0.4 is 0 Å². The number of hydrogen-bond donors (Lipinski definition) is 2. The minimum atomic E-state index is -2.65. The van der Waals surface area contributed by atoms with E-state index in [-0.39, 0.29) is 34.7 Å². The van der Waals surface area contributed by atoms with Gasteiger partial charge < -0.3 is 4.89 Å². The predicted molar refractivity (Wildman–Crippen MR) is 53.6 cm³/mol. The van der Waals surface area contributed by atoms with Gasteiger partial charge in [0, 0.05) is 12.3 Å². The summed E-state index contributed by atoms with van der Waals surface area (Å²) in [6.07, 6.45) is 0.812. The molecule has 0 rings (SSSR count). The van der Waals surface area contributed by atoms with Crippen molar-refractivity contribution < 1.29 is 18.9 Å². The van der Waals surface area contributed by atoms with Crippen LogP contribution in [0.3, 0.4) is 0 Å². The van der Waals surface area contributed by atoms with E-state index in [2.05, 4.69) is 0 Å². The molecule has 1 atom stereocenters. The van der Waals surface area contributed by atoms with Gasteiger partial charge in [-0.3, -0.25) is 4.57 Å². The van der Waals surface area contributed by atoms with Gasteiger partial charge in [0.25, 0.3) is 0 Å². The van der Waals surface area contributed by atoms with Gasteiger partial charge in [0.2, 0.25) is 0 Å². The van der Waals surface area contributed by atoms with Crippen LogP contribution in [0.5, 0.6) is 0 Å². The van der Waals surface area contributed by atoms with Crippen molar-refractivity contribution in [2.24, 2.45) is 0 Å². The van der Waals surface area contributed by atoms with E-state index < -0.39 is 16.1 Å². The van der Waals surface area contributed by atoms with Crippen molar-refractivity contribution in [2.75, 3.05) is 12.3 Å². The normalized spacial score (nSPS) is 8.67. The monoisotopic (exact) mass is 241 g/mol. The topological polar surface area (TPSA) is 74.6 Å². The van der Waals surface area contributed by atoms with Gasteiger partial charge in [0.15, 0.2) is 7.37 Å². The van der Waals surface area contributed by atoms with E-state index in [1.807, 2.05) is 0 Å². The van der Waals surface area contributed by atoms with Crippen LogP contribution in [0.25, 0.3) is 0 Å². The fraction of sp³-hybridized carbons (Fsp3) is 1.00. The Labute approximate surface area is 95.8 Å². The molecule has 0 heterocycles. The summed E-state index contributed by atoms with van der Waals surface area (Å²) >= 11 is 0. The van der Waals surface area contributed by atoms with Gasteiger partial charge in [-0.2, -0.15) is 4.89 Å². The van der Waals surface area contributed by atoms with E-state index in [1.54, 1.807) is 13.8 Å². The van der Waals surface area contributed by atoms with Crippen LogP contribution in [0.15, 0.2) is 0 Å². The predicted octanol–water partition coefficient (Wildman–Crippen LogP) is 0.453. The molecule has 2 N–H and O–H groups in total. The molecule has 0 spiro atoms. The SMILES string of the molecule is CCP(=O)(O)CC.O=[PH+]O.[Al+3].[Al+3]. The van der Waals surface area contributed by atoms with Crippen LogP contribution >= 0.6 is 16.1 Å². The Balaban J connectivity index is -0.0000000569. The maximum atomic E-state index is 10.5. The maximum absolute atomic E-state index is 10.5. The molecule has 0 radical (unpaired) electrons. The zero-order valence-electron chi connectivity index (χ0n) is 7.23. The van der Waals surface area contributed by atoms with Gasteiger partial charge in [-0.15, -0.1) is 0 Å². The van der Waals surface area contributed by atoms with Crippen molar-refractivity contribution in [1.82, 2.24) is 0 Å². The Morgan fingerprint density at radius 1 is 1.25 bits per heavy atom. The van der Waals surface area contributed by atoms with E-state index in [4.69, 9.17) is 14.4 Å². The summed E-state index contributed by atoms with van der Waals surface area (Å²) in [5.74, 6) is 0. The third-order valence-electron chi connectivity index (χ3n) is 0.988. The Bertz CT molecular complexity index is 124. The van der Waals surface area contributed by atoms with Gasteiger partial charge in [0.1, 0.15) is 0 Å². The Kier molecular flexibility index (Phi) is 28.7. The first kappa shape index (κ1) is 23.3. The first-order chi connectivity index (χ1) is 4.54. The number of rotatable bonds is 2. The zero-order valence-corrected chi connectivity index (χ0v) is 11.4. The van der Waals surface area contributed by atoms with E-state index in [0.717, 1.165) is 0 Å².